The van der Waals surface area contributed by atoms with Gasteiger partial charge in [-0.3, -0.25) is 9.80 Å². The number of amides is 2. The summed E-state index contributed by atoms with van der Waals surface area (Å²) in [7, 11) is 0. The standard InChI is InChI=1S/C30H33N3O/c1-23-8-6-12-26(20-23)31-29(34)33-22-30(27-21-24(2)13-14-28(27)33)15-18-32(19-16-30)17-7-11-25-9-4-3-5-10-25/h3-14,20-21H,15-19,22H2,1-2H3,(H,31,34). The maximum Gasteiger partial charge on any atom is 0.326 e. The molecule has 34 heavy (non-hydrogen) atoms. The van der Waals surface area contributed by atoms with E-state index in [1.807, 2.05) is 42.2 Å². The van der Waals surface area contributed by atoms with E-state index in [2.05, 4.69) is 71.8 Å². The van der Waals surface area contributed by atoms with E-state index in [0.29, 0.717) is 0 Å². The number of piperidine rings is 1. The first-order chi connectivity index (χ1) is 16.5. The molecule has 1 saturated heterocycles. The molecule has 0 aliphatic carbocycles. The van der Waals surface area contributed by atoms with E-state index in [0.717, 1.165) is 56.0 Å². The van der Waals surface area contributed by atoms with E-state index in [9.17, 15) is 4.79 Å². The zero-order valence-corrected chi connectivity index (χ0v) is 20.1. The van der Waals surface area contributed by atoms with Crippen LogP contribution in [0.1, 0.15) is 35.1 Å². The molecule has 0 bridgehead atoms. The Morgan fingerprint density at radius 1 is 0.941 bits per heavy atom. The number of fused-ring (bicyclic) bond motifs is 2. The van der Waals surface area contributed by atoms with Crippen molar-refractivity contribution in [3.05, 3.63) is 101 Å². The van der Waals surface area contributed by atoms with E-state index < -0.39 is 0 Å². The Bertz CT molecular complexity index is 1190. The van der Waals surface area contributed by atoms with Crippen molar-refractivity contribution in [3.8, 4) is 0 Å². The number of likely N-dealkylation sites (tertiary alicyclic amines) is 1. The molecule has 1 N–H and O–H groups in total. The summed E-state index contributed by atoms with van der Waals surface area (Å²) in [6, 6.07) is 25.0. The van der Waals surface area contributed by atoms with Gasteiger partial charge in [0.25, 0.3) is 0 Å². The summed E-state index contributed by atoms with van der Waals surface area (Å²) in [5.74, 6) is 0. The van der Waals surface area contributed by atoms with Gasteiger partial charge in [-0.25, -0.2) is 4.79 Å². The Morgan fingerprint density at radius 2 is 1.71 bits per heavy atom. The number of carbonyl (C=O) groups is 1. The predicted octanol–water partition coefficient (Wildman–Crippen LogP) is 6.40. The van der Waals surface area contributed by atoms with E-state index in [4.69, 9.17) is 0 Å². The smallest absolute Gasteiger partial charge is 0.308 e. The molecular weight excluding hydrogens is 418 g/mol. The fraction of sp³-hybridized carbons (Fsp3) is 0.300. The highest BCUT2D eigenvalue weighted by Crippen LogP contribution is 2.47. The quantitative estimate of drug-likeness (QED) is 0.498. The number of nitrogens with one attached hydrogen (secondary N) is 1. The first kappa shape index (κ1) is 22.4. The molecule has 2 aliphatic heterocycles. The lowest BCUT2D eigenvalue weighted by molar-refractivity contribution is 0.180. The van der Waals surface area contributed by atoms with Gasteiger partial charge in [-0.1, -0.05) is 72.3 Å². The summed E-state index contributed by atoms with van der Waals surface area (Å²) in [6.45, 7) is 7.98. The van der Waals surface area contributed by atoms with Crippen molar-refractivity contribution in [2.75, 3.05) is 36.4 Å². The molecule has 0 saturated carbocycles. The maximum absolute atomic E-state index is 13.3. The minimum absolute atomic E-state index is 0.0327. The van der Waals surface area contributed by atoms with Gasteiger partial charge in [-0.2, -0.15) is 0 Å². The van der Waals surface area contributed by atoms with Crippen LogP contribution in [0.2, 0.25) is 0 Å². The SMILES string of the molecule is Cc1cccc(NC(=O)N2CC3(CCN(CC=Cc4ccccc4)CC3)c3cc(C)ccc32)c1. The van der Waals surface area contributed by atoms with Gasteiger partial charge in [-0.05, 0) is 74.7 Å². The highest BCUT2D eigenvalue weighted by Gasteiger charge is 2.46. The van der Waals surface area contributed by atoms with Gasteiger partial charge in [0, 0.05) is 29.9 Å². The third-order valence-corrected chi connectivity index (χ3v) is 7.28. The van der Waals surface area contributed by atoms with Crippen molar-refractivity contribution < 1.29 is 4.79 Å². The lowest BCUT2D eigenvalue weighted by atomic mass is 9.74. The monoisotopic (exact) mass is 451 g/mol. The molecule has 5 rings (SSSR count). The number of urea groups is 1. The Kier molecular flexibility index (Phi) is 6.25. The summed E-state index contributed by atoms with van der Waals surface area (Å²) in [4.78, 5) is 17.8. The molecule has 2 heterocycles. The van der Waals surface area contributed by atoms with Crippen molar-refractivity contribution in [1.29, 1.82) is 0 Å². The molecule has 2 amide bonds. The molecule has 4 nitrogen and oxygen atoms in total. The van der Waals surface area contributed by atoms with Crippen LogP contribution in [-0.4, -0.2) is 37.1 Å². The van der Waals surface area contributed by atoms with E-state index >= 15 is 0 Å². The highest BCUT2D eigenvalue weighted by molar-refractivity contribution is 6.03. The number of hydrogen-bond donors (Lipinski definition) is 1. The molecule has 174 valence electrons. The van der Waals surface area contributed by atoms with Crippen LogP contribution in [0.4, 0.5) is 16.2 Å². The summed E-state index contributed by atoms with van der Waals surface area (Å²) in [6.07, 6.45) is 6.60. The van der Waals surface area contributed by atoms with Gasteiger partial charge in [0.2, 0.25) is 0 Å². The Balaban J connectivity index is 1.29. The first-order valence-electron chi connectivity index (χ1n) is 12.2. The first-order valence-corrected chi connectivity index (χ1v) is 12.2. The molecule has 1 fully saturated rings. The summed E-state index contributed by atoms with van der Waals surface area (Å²) in [5, 5.41) is 3.12. The minimum atomic E-state index is -0.0409. The second-order valence-corrected chi connectivity index (χ2v) is 9.80. The van der Waals surface area contributed by atoms with Gasteiger partial charge in [-0.15, -0.1) is 0 Å². The van der Waals surface area contributed by atoms with Crippen molar-refractivity contribution >= 4 is 23.5 Å². The Hall–Kier alpha value is -3.37. The fourth-order valence-corrected chi connectivity index (χ4v) is 5.37. The highest BCUT2D eigenvalue weighted by atomic mass is 16.2. The molecule has 3 aromatic carbocycles. The molecule has 0 unspecified atom stereocenters. The predicted molar refractivity (Wildman–Crippen MR) is 142 cm³/mol. The molecule has 2 aliphatic rings. The lowest BCUT2D eigenvalue weighted by Crippen LogP contribution is -2.46. The van der Waals surface area contributed by atoms with Crippen molar-refractivity contribution in [2.45, 2.75) is 32.1 Å². The van der Waals surface area contributed by atoms with Gasteiger partial charge >= 0.3 is 6.03 Å². The number of nitrogens with zero attached hydrogens (tertiary/aromatic N) is 2. The summed E-state index contributed by atoms with van der Waals surface area (Å²) in [5.41, 5.74) is 6.92. The van der Waals surface area contributed by atoms with E-state index in [1.54, 1.807) is 0 Å². The molecule has 0 atom stereocenters. The molecule has 0 aromatic heterocycles. The Morgan fingerprint density at radius 3 is 2.47 bits per heavy atom. The van der Waals surface area contributed by atoms with Crippen molar-refractivity contribution in [2.24, 2.45) is 0 Å². The van der Waals surface area contributed by atoms with Gasteiger partial charge < -0.3 is 5.32 Å². The molecule has 3 aromatic rings. The van der Waals surface area contributed by atoms with E-state index in [1.165, 1.54) is 16.7 Å². The lowest BCUT2D eigenvalue weighted by Gasteiger charge is -2.39. The summed E-state index contributed by atoms with van der Waals surface area (Å²) >= 11 is 0. The van der Waals surface area contributed by atoms with Gasteiger partial charge in [0.15, 0.2) is 0 Å². The number of aryl methyl sites for hydroxylation is 2. The topological polar surface area (TPSA) is 35.6 Å². The number of hydrogen-bond acceptors (Lipinski definition) is 2. The average molecular weight is 452 g/mol. The largest absolute Gasteiger partial charge is 0.326 e. The maximum atomic E-state index is 13.3. The number of benzene rings is 3. The number of rotatable bonds is 4. The zero-order chi connectivity index (χ0) is 23.5. The summed E-state index contributed by atoms with van der Waals surface area (Å²) < 4.78 is 0. The number of carbonyl (C=O) groups excluding carboxylic acids is 1. The molecule has 0 radical (unpaired) electrons. The van der Waals surface area contributed by atoms with Crippen LogP contribution in [0.15, 0.2) is 78.9 Å². The third kappa shape index (κ3) is 4.64. The second-order valence-electron chi connectivity index (χ2n) is 9.80. The van der Waals surface area contributed by atoms with Gasteiger partial charge in [0.1, 0.15) is 0 Å². The van der Waals surface area contributed by atoms with Crippen LogP contribution in [-0.2, 0) is 5.41 Å². The van der Waals surface area contributed by atoms with Crippen LogP contribution in [0, 0.1) is 13.8 Å². The van der Waals surface area contributed by atoms with E-state index in [-0.39, 0.29) is 11.4 Å². The number of anilines is 2. The van der Waals surface area contributed by atoms with Crippen LogP contribution in [0.3, 0.4) is 0 Å². The zero-order valence-electron chi connectivity index (χ0n) is 20.1. The fourth-order valence-electron chi connectivity index (χ4n) is 5.37. The minimum Gasteiger partial charge on any atom is -0.308 e. The normalized spacial score (nSPS) is 17.3. The Labute approximate surface area is 202 Å². The molecular formula is C30H33N3O. The van der Waals surface area contributed by atoms with Crippen LogP contribution < -0.4 is 10.2 Å². The van der Waals surface area contributed by atoms with Crippen molar-refractivity contribution in [1.82, 2.24) is 4.90 Å². The third-order valence-electron chi connectivity index (χ3n) is 7.28. The van der Waals surface area contributed by atoms with Crippen molar-refractivity contribution in [3.63, 3.8) is 0 Å². The second kappa shape index (κ2) is 9.47. The molecule has 4 heteroatoms. The van der Waals surface area contributed by atoms with Crippen LogP contribution in [0.5, 0.6) is 0 Å². The van der Waals surface area contributed by atoms with Crippen LogP contribution in [0.25, 0.3) is 6.08 Å². The molecule has 1 spiro atoms. The average Bonchev–Trinajstić information content (AvgIpc) is 3.14. The van der Waals surface area contributed by atoms with Crippen LogP contribution >= 0.6 is 0 Å². The van der Waals surface area contributed by atoms with Gasteiger partial charge in [0.05, 0.1) is 0 Å².